The van der Waals surface area contributed by atoms with Crippen LogP contribution in [0.2, 0.25) is 0 Å². The highest BCUT2D eigenvalue weighted by molar-refractivity contribution is 14.0. The molecule has 5 nitrogen and oxygen atoms in total. The van der Waals surface area contributed by atoms with Gasteiger partial charge >= 0.3 is 0 Å². The molecule has 27 heavy (non-hydrogen) atoms. The zero-order valence-electron chi connectivity index (χ0n) is 17.3. The van der Waals surface area contributed by atoms with Gasteiger partial charge in [-0.3, -0.25) is 4.99 Å². The number of piperidine rings is 1. The van der Waals surface area contributed by atoms with Gasteiger partial charge in [0.15, 0.2) is 5.96 Å². The first-order valence-corrected chi connectivity index (χ1v) is 11.1. The van der Waals surface area contributed by atoms with Crippen molar-refractivity contribution >= 4 is 29.9 Å². The maximum Gasteiger partial charge on any atom is 0.191 e. The van der Waals surface area contributed by atoms with Crippen LogP contribution in [0.25, 0.3) is 0 Å². The van der Waals surface area contributed by atoms with Crippen LogP contribution in [0.4, 0.5) is 0 Å². The van der Waals surface area contributed by atoms with Crippen LogP contribution in [0, 0.1) is 11.8 Å². The zero-order chi connectivity index (χ0) is 18.0. The smallest absolute Gasteiger partial charge is 0.191 e. The zero-order valence-corrected chi connectivity index (χ0v) is 19.6. The number of likely N-dealkylation sites (tertiary alicyclic amines) is 1. The first kappa shape index (κ1) is 23.2. The summed E-state index contributed by atoms with van der Waals surface area (Å²) in [6.07, 6.45) is 13.6. The summed E-state index contributed by atoms with van der Waals surface area (Å²) in [5.74, 6) is 2.78. The van der Waals surface area contributed by atoms with E-state index in [0.717, 1.165) is 37.6 Å². The van der Waals surface area contributed by atoms with Crippen molar-refractivity contribution in [2.24, 2.45) is 16.8 Å². The molecule has 158 valence electrons. The van der Waals surface area contributed by atoms with Crippen LogP contribution in [0.1, 0.15) is 64.2 Å². The number of aliphatic imine (C=N–C) groups is 1. The Hall–Kier alpha value is -0.0800. The van der Waals surface area contributed by atoms with Crippen molar-refractivity contribution < 1.29 is 4.74 Å². The molecule has 0 aromatic rings. The minimum atomic E-state index is 0. The van der Waals surface area contributed by atoms with Gasteiger partial charge in [-0.25, -0.2) is 0 Å². The lowest BCUT2D eigenvalue weighted by Crippen LogP contribution is -2.49. The van der Waals surface area contributed by atoms with Gasteiger partial charge < -0.3 is 20.3 Å². The molecule has 3 rings (SSSR count). The Kier molecular flexibility index (Phi) is 11.3. The van der Waals surface area contributed by atoms with E-state index in [1.54, 1.807) is 0 Å². The molecular weight excluding hydrogens is 451 g/mol. The number of nitrogens with one attached hydrogen (secondary N) is 2. The second-order valence-electron chi connectivity index (χ2n) is 8.59. The summed E-state index contributed by atoms with van der Waals surface area (Å²) in [6.45, 7) is 6.60. The van der Waals surface area contributed by atoms with E-state index in [2.05, 4.69) is 20.5 Å². The van der Waals surface area contributed by atoms with Gasteiger partial charge in [-0.1, -0.05) is 38.5 Å². The number of unbranched alkanes of at least 4 members (excludes halogenated alkanes) is 1. The second kappa shape index (κ2) is 13.2. The van der Waals surface area contributed by atoms with Crippen LogP contribution in [-0.4, -0.2) is 63.3 Å². The summed E-state index contributed by atoms with van der Waals surface area (Å²) in [6, 6.07) is 0.566. The summed E-state index contributed by atoms with van der Waals surface area (Å²) in [7, 11) is 1.89. The third-order valence-electron chi connectivity index (χ3n) is 6.50. The third-order valence-corrected chi connectivity index (χ3v) is 6.50. The fourth-order valence-corrected chi connectivity index (χ4v) is 4.80. The normalized spacial score (nSPS) is 25.5. The summed E-state index contributed by atoms with van der Waals surface area (Å²) < 4.78 is 5.51. The summed E-state index contributed by atoms with van der Waals surface area (Å²) >= 11 is 0. The number of hydrogen-bond donors (Lipinski definition) is 2. The van der Waals surface area contributed by atoms with Crippen molar-refractivity contribution in [2.75, 3.05) is 46.4 Å². The standard InChI is InChI=1S/C21H40N4O.HI/c1-22-21(23-12-5-4-8-18-6-2-3-7-18)24-20-9-13-25(14-10-20)16-19-11-15-26-17-19;/h18-20H,2-17H2,1H3,(H2,22,23,24);1H. The second-order valence-corrected chi connectivity index (χ2v) is 8.59. The number of guanidine groups is 1. The summed E-state index contributed by atoms with van der Waals surface area (Å²) in [5, 5.41) is 7.16. The lowest BCUT2D eigenvalue weighted by molar-refractivity contribution is 0.150. The van der Waals surface area contributed by atoms with E-state index >= 15 is 0 Å². The molecule has 1 atom stereocenters. The minimum absolute atomic E-state index is 0. The first-order valence-electron chi connectivity index (χ1n) is 11.1. The Balaban J connectivity index is 0.00000261. The Bertz CT molecular complexity index is 414. The number of ether oxygens (including phenoxy) is 1. The average Bonchev–Trinajstić information content (AvgIpc) is 3.36. The van der Waals surface area contributed by atoms with Gasteiger partial charge in [-0.2, -0.15) is 0 Å². The molecule has 1 saturated carbocycles. The molecule has 0 amide bonds. The Labute approximate surface area is 183 Å². The number of rotatable bonds is 8. The van der Waals surface area contributed by atoms with E-state index < -0.39 is 0 Å². The van der Waals surface area contributed by atoms with Gasteiger partial charge in [0.2, 0.25) is 0 Å². The SMILES string of the molecule is CN=C(NCCCCC1CCCC1)NC1CCN(CC2CCOC2)CC1.I. The lowest BCUT2D eigenvalue weighted by atomic mass is 10.0. The van der Waals surface area contributed by atoms with E-state index in [-0.39, 0.29) is 24.0 Å². The summed E-state index contributed by atoms with van der Waals surface area (Å²) in [4.78, 5) is 7.05. The van der Waals surface area contributed by atoms with Crippen molar-refractivity contribution in [1.29, 1.82) is 0 Å². The minimum Gasteiger partial charge on any atom is -0.381 e. The fourth-order valence-electron chi connectivity index (χ4n) is 4.80. The Morgan fingerprint density at radius 3 is 2.48 bits per heavy atom. The topological polar surface area (TPSA) is 48.9 Å². The predicted molar refractivity (Wildman–Crippen MR) is 124 cm³/mol. The van der Waals surface area contributed by atoms with E-state index in [9.17, 15) is 0 Å². The fraction of sp³-hybridized carbons (Fsp3) is 0.952. The Morgan fingerprint density at radius 1 is 1.04 bits per heavy atom. The van der Waals surface area contributed by atoms with Crippen molar-refractivity contribution in [3.05, 3.63) is 0 Å². The average molecular weight is 492 g/mol. The highest BCUT2D eigenvalue weighted by Crippen LogP contribution is 2.28. The lowest BCUT2D eigenvalue weighted by Gasteiger charge is -2.34. The molecule has 0 bridgehead atoms. The molecule has 1 aliphatic carbocycles. The highest BCUT2D eigenvalue weighted by atomic mass is 127. The van der Waals surface area contributed by atoms with Crippen molar-refractivity contribution in [3.63, 3.8) is 0 Å². The molecule has 3 aliphatic rings. The van der Waals surface area contributed by atoms with Gasteiger partial charge in [0, 0.05) is 45.9 Å². The van der Waals surface area contributed by atoms with Crippen LogP contribution in [-0.2, 0) is 4.74 Å². The van der Waals surface area contributed by atoms with Crippen LogP contribution in [0.3, 0.4) is 0 Å². The summed E-state index contributed by atoms with van der Waals surface area (Å²) in [5.41, 5.74) is 0. The first-order chi connectivity index (χ1) is 12.8. The maximum atomic E-state index is 5.51. The van der Waals surface area contributed by atoms with E-state index in [0.29, 0.717) is 6.04 Å². The van der Waals surface area contributed by atoms with E-state index in [1.807, 2.05) is 7.05 Å². The predicted octanol–water partition coefficient (Wildman–Crippen LogP) is 3.63. The number of nitrogens with zero attached hydrogens (tertiary/aromatic N) is 2. The van der Waals surface area contributed by atoms with Crippen molar-refractivity contribution in [2.45, 2.75) is 70.3 Å². The van der Waals surface area contributed by atoms with Gasteiger partial charge in [0.25, 0.3) is 0 Å². The molecule has 2 N–H and O–H groups in total. The molecule has 3 fully saturated rings. The molecular formula is C21H41IN4O. The third kappa shape index (κ3) is 8.44. The largest absolute Gasteiger partial charge is 0.381 e. The number of hydrogen-bond acceptors (Lipinski definition) is 3. The van der Waals surface area contributed by atoms with Crippen LogP contribution in [0.15, 0.2) is 4.99 Å². The van der Waals surface area contributed by atoms with Crippen LogP contribution >= 0.6 is 24.0 Å². The highest BCUT2D eigenvalue weighted by Gasteiger charge is 2.24. The van der Waals surface area contributed by atoms with Gasteiger partial charge in [0.05, 0.1) is 6.61 Å². The van der Waals surface area contributed by atoms with E-state index in [4.69, 9.17) is 4.74 Å². The molecule has 0 radical (unpaired) electrons. The Morgan fingerprint density at radius 2 is 1.81 bits per heavy atom. The molecule has 0 spiro atoms. The van der Waals surface area contributed by atoms with Gasteiger partial charge in [-0.15, -0.1) is 24.0 Å². The monoisotopic (exact) mass is 492 g/mol. The van der Waals surface area contributed by atoms with E-state index in [1.165, 1.54) is 83.8 Å². The molecule has 0 aromatic heterocycles. The maximum absolute atomic E-state index is 5.51. The number of halogens is 1. The van der Waals surface area contributed by atoms with Gasteiger partial charge in [-0.05, 0) is 37.5 Å². The molecule has 6 heteroatoms. The molecule has 1 unspecified atom stereocenters. The van der Waals surface area contributed by atoms with Crippen LogP contribution < -0.4 is 10.6 Å². The molecule has 0 aromatic carbocycles. The van der Waals surface area contributed by atoms with Gasteiger partial charge in [0.1, 0.15) is 0 Å². The van der Waals surface area contributed by atoms with Crippen LogP contribution in [0.5, 0.6) is 0 Å². The van der Waals surface area contributed by atoms with Crippen molar-refractivity contribution in [3.8, 4) is 0 Å². The molecule has 2 heterocycles. The quantitative estimate of drug-likeness (QED) is 0.235. The van der Waals surface area contributed by atoms with Crippen molar-refractivity contribution in [1.82, 2.24) is 15.5 Å². The molecule has 2 aliphatic heterocycles. The molecule has 2 saturated heterocycles.